The molecule has 0 N–H and O–H groups in total. The summed E-state index contributed by atoms with van der Waals surface area (Å²) in [5.41, 5.74) is 4.14. The van der Waals surface area contributed by atoms with Crippen LogP contribution in [0.25, 0.3) is 11.1 Å². The van der Waals surface area contributed by atoms with Gasteiger partial charge in [0.1, 0.15) is 55.3 Å². The van der Waals surface area contributed by atoms with Gasteiger partial charge in [0.05, 0.1) is 7.11 Å². The van der Waals surface area contributed by atoms with Gasteiger partial charge in [0.15, 0.2) is 5.78 Å². The number of benzene rings is 6. The van der Waals surface area contributed by atoms with Gasteiger partial charge in [-0.25, -0.2) is 8.42 Å². The zero-order chi connectivity index (χ0) is 35.3. The summed E-state index contributed by atoms with van der Waals surface area (Å²) in [6.07, 6.45) is 5.49. The molecule has 6 aromatic carbocycles. The van der Waals surface area contributed by atoms with Crippen LogP contribution >= 0.6 is 0 Å². The second-order valence-corrected chi connectivity index (χ2v) is 12.5. The van der Waals surface area contributed by atoms with Crippen LogP contribution in [0.15, 0.2) is 138 Å². The molecule has 0 heterocycles. The predicted molar refractivity (Wildman–Crippen MR) is 188 cm³/mol. The van der Waals surface area contributed by atoms with Crippen molar-refractivity contribution in [2.75, 3.05) is 7.11 Å². The minimum Gasteiger partial charge on any atom is -0.744 e. The number of terminal acetylenes is 1. The molecular weight excluding hydrogens is 692 g/mol. The summed E-state index contributed by atoms with van der Waals surface area (Å²) in [6, 6.07) is 36.9. The van der Waals surface area contributed by atoms with Gasteiger partial charge >= 0.3 is 51.4 Å². The molecule has 0 spiro atoms. The number of carbonyl (C=O) groups is 1. The Hall–Kier alpha value is -4.70. The first-order valence-corrected chi connectivity index (χ1v) is 16.7. The van der Waals surface area contributed by atoms with Crippen molar-refractivity contribution in [2.24, 2.45) is 0 Å². The number of hydrogen-bond acceptors (Lipinski definition) is 8. The van der Waals surface area contributed by atoms with Crippen LogP contribution in [0.5, 0.6) is 40.2 Å². The number of ether oxygens (including phenoxy) is 4. The van der Waals surface area contributed by atoms with E-state index in [1.807, 2.05) is 43.3 Å². The first-order chi connectivity index (χ1) is 24.1. The maximum Gasteiger partial charge on any atom is 1.00 e. The third-order valence-corrected chi connectivity index (χ3v) is 8.52. The molecule has 8 nitrogen and oxygen atoms in total. The van der Waals surface area contributed by atoms with Crippen molar-refractivity contribution in [3.8, 4) is 63.7 Å². The number of aryl methyl sites for hydroxylation is 1. The second kappa shape index (κ2) is 16.5. The molecule has 0 atom stereocenters. The summed E-state index contributed by atoms with van der Waals surface area (Å²) in [6.45, 7) is 1.94. The Kier molecular flexibility index (Phi) is 12.2. The van der Waals surface area contributed by atoms with Crippen molar-refractivity contribution in [3.63, 3.8) is 0 Å². The molecule has 248 valence electrons. The van der Waals surface area contributed by atoms with Gasteiger partial charge in [-0.15, -0.1) is 6.42 Å². The van der Waals surface area contributed by atoms with Crippen LogP contribution in [0.1, 0.15) is 27.0 Å². The van der Waals surface area contributed by atoms with Gasteiger partial charge < -0.3 is 23.5 Å². The maximum atomic E-state index is 13.2. The van der Waals surface area contributed by atoms with Crippen LogP contribution in [0.2, 0.25) is 0 Å². The Morgan fingerprint density at radius 2 is 1.12 bits per heavy atom. The summed E-state index contributed by atoms with van der Waals surface area (Å²) in [7, 11) is -3.39. The van der Waals surface area contributed by atoms with Crippen LogP contribution in [-0.2, 0) is 10.1 Å². The topological polar surface area (TPSA) is 111 Å². The molecular formula is C41H29KO8S. The van der Waals surface area contributed by atoms with Crippen LogP contribution in [-0.4, -0.2) is 25.9 Å². The van der Waals surface area contributed by atoms with Gasteiger partial charge in [-0.1, -0.05) is 29.7 Å². The number of methoxy groups -OCH3 is 1. The van der Waals surface area contributed by atoms with E-state index in [1.165, 1.54) is 24.3 Å². The van der Waals surface area contributed by atoms with Crippen LogP contribution in [0.3, 0.4) is 0 Å². The van der Waals surface area contributed by atoms with E-state index in [9.17, 15) is 17.8 Å². The van der Waals surface area contributed by atoms with E-state index in [1.54, 1.807) is 73.8 Å². The summed E-state index contributed by atoms with van der Waals surface area (Å²) in [5, 5.41) is 0. The van der Waals surface area contributed by atoms with E-state index in [4.69, 9.17) is 25.4 Å². The molecule has 6 aromatic rings. The quantitative estimate of drug-likeness (QED) is 0.0677. The van der Waals surface area contributed by atoms with Gasteiger partial charge in [0.25, 0.3) is 0 Å². The molecule has 0 amide bonds. The third-order valence-electron chi connectivity index (χ3n) is 7.67. The molecule has 0 aromatic heterocycles. The van der Waals surface area contributed by atoms with E-state index in [-0.39, 0.29) is 74.4 Å². The normalized spacial score (nSPS) is 10.7. The minimum absolute atomic E-state index is 0. The fourth-order valence-electron chi connectivity index (χ4n) is 5.09. The van der Waals surface area contributed by atoms with Gasteiger partial charge in [0.2, 0.25) is 0 Å². The van der Waals surface area contributed by atoms with E-state index in [2.05, 4.69) is 5.92 Å². The van der Waals surface area contributed by atoms with E-state index in [0.29, 0.717) is 34.1 Å². The minimum atomic E-state index is -4.97. The molecule has 0 aliphatic carbocycles. The van der Waals surface area contributed by atoms with Gasteiger partial charge in [-0.2, -0.15) is 0 Å². The Morgan fingerprint density at radius 3 is 1.67 bits per heavy atom. The molecule has 10 heteroatoms. The Balaban J connectivity index is 0.00000504. The SMILES string of the molecule is C#Cc1ccc(-c2cc(C)ccc2Oc2ccc(Oc3ccc(C(=O)c4ccc(Oc5ccc(OC)cc5)cc4)cc3)c(S(=O)(=O)[O-])c2)cc1.[K+]. The van der Waals surface area contributed by atoms with E-state index in [0.717, 1.165) is 28.3 Å². The Morgan fingerprint density at radius 1 is 0.627 bits per heavy atom. The van der Waals surface area contributed by atoms with Crippen molar-refractivity contribution in [3.05, 3.63) is 156 Å². The van der Waals surface area contributed by atoms with Crippen LogP contribution in [0, 0.1) is 19.3 Å². The molecule has 0 radical (unpaired) electrons. The van der Waals surface area contributed by atoms with Crippen LogP contribution in [0.4, 0.5) is 0 Å². The predicted octanol–water partition coefficient (Wildman–Crippen LogP) is 6.17. The number of hydrogen-bond donors (Lipinski definition) is 0. The second-order valence-electron chi connectivity index (χ2n) is 11.1. The number of ketones is 1. The standard InChI is InChI=1S/C41H30O8S.K/c1-4-28-6-8-29(9-7-28)37-25-27(2)5-23-38(37)49-36-22-24-39(40(26-36)50(43,44)45)48-35-16-12-31(13-17-35)41(42)30-10-14-33(15-11-30)47-34-20-18-32(46-3)19-21-34;/h1,5-26H,2-3H3,(H,43,44,45);/q;+1/p-1. The number of rotatable bonds is 11. The van der Waals surface area contributed by atoms with Crippen molar-refractivity contribution >= 4 is 15.9 Å². The van der Waals surface area contributed by atoms with Gasteiger partial charge in [-0.3, -0.25) is 4.79 Å². The largest absolute Gasteiger partial charge is 1.00 e. The molecule has 0 bridgehead atoms. The molecule has 0 saturated carbocycles. The van der Waals surface area contributed by atoms with Crippen molar-refractivity contribution in [2.45, 2.75) is 11.8 Å². The molecule has 0 unspecified atom stereocenters. The molecule has 51 heavy (non-hydrogen) atoms. The molecule has 0 saturated heterocycles. The molecule has 0 aliphatic rings. The summed E-state index contributed by atoms with van der Waals surface area (Å²) in [4.78, 5) is 12.6. The zero-order valence-corrected chi connectivity index (χ0v) is 31.9. The molecule has 6 rings (SSSR count). The fraction of sp³-hybridized carbons (Fsp3) is 0.0488. The summed E-state index contributed by atoms with van der Waals surface area (Å²) < 4.78 is 59.9. The fourth-order valence-corrected chi connectivity index (χ4v) is 5.70. The summed E-state index contributed by atoms with van der Waals surface area (Å²) in [5.74, 6) is 4.86. The average Bonchev–Trinajstić information content (AvgIpc) is 3.13. The average molecular weight is 721 g/mol. The van der Waals surface area contributed by atoms with Gasteiger partial charge in [0, 0.05) is 28.3 Å². The third kappa shape index (κ3) is 9.35. The van der Waals surface area contributed by atoms with Crippen LogP contribution < -0.4 is 70.3 Å². The number of carbonyl (C=O) groups excluding carboxylic acids is 1. The first-order valence-electron chi connectivity index (χ1n) is 15.3. The maximum absolute atomic E-state index is 13.2. The Bertz CT molecular complexity index is 2310. The van der Waals surface area contributed by atoms with Crippen molar-refractivity contribution in [1.29, 1.82) is 0 Å². The Labute approximate surface area is 339 Å². The first kappa shape index (κ1) is 37.5. The van der Waals surface area contributed by atoms with Crippen molar-refractivity contribution < 1.29 is 88.1 Å². The zero-order valence-electron chi connectivity index (χ0n) is 28.0. The molecule has 0 aliphatic heterocycles. The van der Waals surface area contributed by atoms with E-state index >= 15 is 0 Å². The van der Waals surface area contributed by atoms with E-state index < -0.39 is 15.0 Å². The van der Waals surface area contributed by atoms with Crippen molar-refractivity contribution in [1.82, 2.24) is 0 Å². The monoisotopic (exact) mass is 720 g/mol. The smallest absolute Gasteiger partial charge is 0.744 e. The molecule has 0 fully saturated rings. The van der Waals surface area contributed by atoms with Gasteiger partial charge in [-0.05, 0) is 122 Å². The summed E-state index contributed by atoms with van der Waals surface area (Å²) >= 11 is 0.